The Morgan fingerprint density at radius 2 is 2.12 bits per heavy atom. The maximum Gasteiger partial charge on any atom is 0.256 e. The van der Waals surface area contributed by atoms with Gasteiger partial charge in [-0.2, -0.15) is 4.98 Å². The summed E-state index contributed by atoms with van der Waals surface area (Å²) in [6.45, 7) is 3.61. The van der Waals surface area contributed by atoms with Gasteiger partial charge in [0.1, 0.15) is 0 Å². The van der Waals surface area contributed by atoms with Crippen LogP contribution < -0.4 is 0 Å². The van der Waals surface area contributed by atoms with Crippen LogP contribution in [0.1, 0.15) is 18.6 Å². The molecule has 1 aliphatic heterocycles. The molecule has 6 heteroatoms. The van der Waals surface area contributed by atoms with E-state index in [1.165, 1.54) is 11.0 Å². The van der Waals surface area contributed by atoms with E-state index in [0.29, 0.717) is 23.7 Å². The zero-order chi connectivity index (χ0) is 11.7. The molecule has 0 spiro atoms. The van der Waals surface area contributed by atoms with Gasteiger partial charge in [-0.05, 0) is 13.8 Å². The van der Waals surface area contributed by atoms with E-state index in [9.17, 15) is 9.59 Å². The lowest BCUT2D eigenvalue weighted by atomic mass is 10.3. The first-order valence-corrected chi connectivity index (χ1v) is 4.91. The van der Waals surface area contributed by atoms with Crippen LogP contribution in [-0.2, 0) is 16.0 Å². The fourth-order valence-corrected chi connectivity index (χ4v) is 1.50. The molecule has 0 aliphatic carbocycles. The van der Waals surface area contributed by atoms with Gasteiger partial charge in [-0.25, -0.2) is 0 Å². The van der Waals surface area contributed by atoms with Crippen molar-refractivity contribution in [2.75, 3.05) is 6.54 Å². The van der Waals surface area contributed by atoms with Gasteiger partial charge in [-0.3, -0.25) is 14.5 Å². The Labute approximate surface area is 91.9 Å². The highest BCUT2D eigenvalue weighted by molar-refractivity contribution is 6.15. The van der Waals surface area contributed by atoms with E-state index in [-0.39, 0.29) is 18.4 Å². The second-order valence-electron chi connectivity index (χ2n) is 3.61. The summed E-state index contributed by atoms with van der Waals surface area (Å²) in [4.78, 5) is 28.1. The Hall–Kier alpha value is -1.98. The molecule has 0 N–H and O–H groups in total. The van der Waals surface area contributed by atoms with Gasteiger partial charge in [-0.15, -0.1) is 0 Å². The first kappa shape index (κ1) is 10.5. The van der Waals surface area contributed by atoms with Gasteiger partial charge in [0.05, 0.1) is 0 Å². The monoisotopic (exact) mass is 221 g/mol. The van der Waals surface area contributed by atoms with Gasteiger partial charge in [0, 0.05) is 24.6 Å². The number of aromatic nitrogens is 2. The quantitative estimate of drug-likeness (QED) is 0.683. The number of nitrogens with zero attached hydrogens (tertiary/aromatic N) is 3. The van der Waals surface area contributed by atoms with E-state index < -0.39 is 0 Å². The van der Waals surface area contributed by atoms with E-state index in [1.807, 2.05) is 0 Å². The molecule has 2 amide bonds. The van der Waals surface area contributed by atoms with Crippen LogP contribution in [0, 0.1) is 6.92 Å². The molecule has 1 aromatic rings. The largest absolute Gasteiger partial charge is 0.339 e. The summed E-state index contributed by atoms with van der Waals surface area (Å²) < 4.78 is 4.89. The van der Waals surface area contributed by atoms with Crippen molar-refractivity contribution in [2.24, 2.45) is 0 Å². The van der Waals surface area contributed by atoms with Crippen LogP contribution in [0.2, 0.25) is 0 Å². The van der Waals surface area contributed by atoms with Crippen LogP contribution >= 0.6 is 0 Å². The topological polar surface area (TPSA) is 76.3 Å². The van der Waals surface area contributed by atoms with Crippen LogP contribution in [0.5, 0.6) is 0 Å². The predicted molar refractivity (Wildman–Crippen MR) is 53.2 cm³/mol. The minimum absolute atomic E-state index is 0.249. The molecule has 16 heavy (non-hydrogen) atoms. The van der Waals surface area contributed by atoms with Crippen LogP contribution in [0.3, 0.4) is 0 Å². The van der Waals surface area contributed by atoms with Gasteiger partial charge in [-0.1, -0.05) is 5.16 Å². The number of imide groups is 1. The highest BCUT2D eigenvalue weighted by Crippen LogP contribution is 2.12. The summed E-state index contributed by atoms with van der Waals surface area (Å²) in [7, 11) is 0. The van der Waals surface area contributed by atoms with Crippen LogP contribution in [-0.4, -0.2) is 33.4 Å². The summed E-state index contributed by atoms with van der Waals surface area (Å²) in [5, 5.41) is 3.63. The molecular formula is C10H11N3O3. The summed E-state index contributed by atoms with van der Waals surface area (Å²) in [6.07, 6.45) is 1.72. The van der Waals surface area contributed by atoms with Crippen LogP contribution in [0.15, 0.2) is 16.2 Å². The van der Waals surface area contributed by atoms with Crippen molar-refractivity contribution in [3.05, 3.63) is 23.4 Å². The molecular weight excluding hydrogens is 210 g/mol. The van der Waals surface area contributed by atoms with Gasteiger partial charge in [0.2, 0.25) is 5.89 Å². The zero-order valence-electron chi connectivity index (χ0n) is 9.06. The molecule has 1 aliphatic rings. The Kier molecular flexibility index (Phi) is 2.55. The molecule has 84 valence electrons. The molecule has 0 aromatic carbocycles. The smallest absolute Gasteiger partial charge is 0.256 e. The fourth-order valence-electron chi connectivity index (χ4n) is 1.50. The lowest BCUT2D eigenvalue weighted by Gasteiger charge is -2.12. The summed E-state index contributed by atoms with van der Waals surface area (Å²) >= 11 is 0. The van der Waals surface area contributed by atoms with E-state index >= 15 is 0 Å². The zero-order valence-corrected chi connectivity index (χ0v) is 9.06. The Morgan fingerprint density at radius 3 is 2.62 bits per heavy atom. The predicted octanol–water partition coefficient (Wildman–Crippen LogP) is 0.236. The fraction of sp³-hybridized carbons (Fsp3) is 0.400. The average molecular weight is 221 g/mol. The van der Waals surface area contributed by atoms with Gasteiger partial charge < -0.3 is 4.52 Å². The van der Waals surface area contributed by atoms with Crippen molar-refractivity contribution < 1.29 is 14.1 Å². The summed E-state index contributed by atoms with van der Waals surface area (Å²) in [5.41, 5.74) is 0.465. The lowest BCUT2D eigenvalue weighted by Crippen LogP contribution is -2.32. The van der Waals surface area contributed by atoms with Crippen molar-refractivity contribution in [1.29, 1.82) is 0 Å². The van der Waals surface area contributed by atoms with Crippen molar-refractivity contribution in [3.63, 3.8) is 0 Å². The molecule has 2 heterocycles. The number of hydrogen-bond acceptors (Lipinski definition) is 5. The number of amides is 2. The molecule has 6 nitrogen and oxygen atoms in total. The Bertz CT molecular complexity index is 475. The average Bonchev–Trinajstić information content (AvgIpc) is 2.72. The second-order valence-corrected chi connectivity index (χ2v) is 3.61. The number of rotatable bonds is 3. The molecule has 2 rings (SSSR count). The minimum atomic E-state index is -0.279. The molecule has 0 radical (unpaired) electrons. The normalized spacial score (nSPS) is 15.9. The third-order valence-electron chi connectivity index (χ3n) is 2.31. The maximum absolute atomic E-state index is 11.5. The van der Waals surface area contributed by atoms with Crippen molar-refractivity contribution in [1.82, 2.24) is 15.0 Å². The molecule has 0 fully saturated rings. The van der Waals surface area contributed by atoms with Crippen LogP contribution in [0.25, 0.3) is 0 Å². The number of carbonyl (C=O) groups excluding carboxylic acids is 2. The molecule has 0 saturated carbocycles. The van der Waals surface area contributed by atoms with E-state index in [1.54, 1.807) is 13.8 Å². The third-order valence-corrected chi connectivity index (χ3v) is 2.31. The number of aryl methyl sites for hydroxylation is 1. The first-order valence-electron chi connectivity index (χ1n) is 4.91. The van der Waals surface area contributed by atoms with Crippen molar-refractivity contribution >= 4 is 11.8 Å². The van der Waals surface area contributed by atoms with Crippen molar-refractivity contribution in [2.45, 2.75) is 20.3 Å². The van der Waals surface area contributed by atoms with Gasteiger partial charge in [0.25, 0.3) is 11.8 Å². The molecule has 1 aromatic heterocycles. The highest BCUT2D eigenvalue weighted by Gasteiger charge is 2.28. The Morgan fingerprint density at radius 1 is 1.38 bits per heavy atom. The number of hydrogen-bond donors (Lipinski definition) is 0. The molecule has 0 unspecified atom stereocenters. The first-order chi connectivity index (χ1) is 7.58. The van der Waals surface area contributed by atoms with E-state index in [2.05, 4.69) is 10.1 Å². The molecule has 0 atom stereocenters. The third kappa shape index (κ3) is 1.86. The van der Waals surface area contributed by atoms with E-state index in [4.69, 9.17) is 4.52 Å². The second kappa shape index (κ2) is 3.88. The highest BCUT2D eigenvalue weighted by atomic mass is 16.5. The number of carbonyl (C=O) groups is 2. The minimum Gasteiger partial charge on any atom is -0.339 e. The lowest BCUT2D eigenvalue weighted by molar-refractivity contribution is -0.137. The van der Waals surface area contributed by atoms with Gasteiger partial charge in [0.15, 0.2) is 5.82 Å². The molecule has 0 saturated heterocycles. The maximum atomic E-state index is 11.5. The van der Waals surface area contributed by atoms with Gasteiger partial charge >= 0.3 is 0 Å². The Balaban J connectivity index is 1.97. The standard InChI is InChI=1S/C10H11N3O3/c1-6-5-9(14)13(10(6)15)4-3-8-11-7(2)12-16-8/h5H,3-4H2,1-2H3. The summed E-state index contributed by atoms with van der Waals surface area (Å²) in [5.74, 6) is 0.450. The van der Waals surface area contributed by atoms with E-state index in [0.717, 1.165) is 0 Å². The SMILES string of the molecule is CC1=CC(=O)N(CCc2nc(C)no2)C1=O. The van der Waals surface area contributed by atoms with Crippen LogP contribution in [0.4, 0.5) is 0 Å². The molecule has 0 bridgehead atoms. The summed E-state index contributed by atoms with van der Waals surface area (Å²) in [6, 6.07) is 0. The van der Waals surface area contributed by atoms with Crippen molar-refractivity contribution in [3.8, 4) is 0 Å².